The van der Waals surface area contributed by atoms with E-state index in [4.69, 9.17) is 110 Å². The highest BCUT2D eigenvalue weighted by Crippen LogP contribution is 2.45. The molecule has 4 atom stereocenters. The summed E-state index contributed by atoms with van der Waals surface area (Å²) in [4.78, 5) is 156. The second-order valence-electron chi connectivity index (χ2n) is 33.0. The summed E-state index contributed by atoms with van der Waals surface area (Å²) < 4.78 is 110. The molecule has 0 aromatic carbocycles. The molecule has 0 radical (unpaired) electrons. The summed E-state index contributed by atoms with van der Waals surface area (Å²) in [6.07, 6.45) is 6.63. The Morgan fingerprint density at radius 2 is 0.950 bits per heavy atom. The number of H-pyrrole nitrogens is 2. The Bertz CT molecular complexity index is 4500. The Morgan fingerprint density at radius 3 is 1.46 bits per heavy atom. The van der Waals surface area contributed by atoms with Gasteiger partial charge < -0.3 is 136 Å². The van der Waals surface area contributed by atoms with Crippen LogP contribution in [0.25, 0.3) is 33.3 Å². The Labute approximate surface area is 818 Å². The number of likely N-dealkylation sites (N-methyl/N-ethyl adjacent to an activating group) is 1. The number of aliphatic hydroxyl groups excluding tert-OH is 1. The number of aliphatic hydroxyl groups is 1. The first-order chi connectivity index (χ1) is 68.1. The molecule has 8 rings (SSSR count). The van der Waals surface area contributed by atoms with Crippen molar-refractivity contribution in [3.8, 4) is 0 Å². The molecular weight excluding hydrogens is 1830 g/mol. The number of amides is 9. The van der Waals surface area contributed by atoms with Crippen molar-refractivity contribution < 1.29 is 148 Å². The number of hydrogen-bond donors (Lipinski definition) is 7. The molecule has 0 unspecified atom stereocenters. The van der Waals surface area contributed by atoms with Crippen molar-refractivity contribution in [1.82, 2.24) is 60.8 Å². The van der Waals surface area contributed by atoms with Crippen LogP contribution in [0.15, 0.2) is 42.5 Å². The lowest BCUT2D eigenvalue weighted by Crippen LogP contribution is -2.52. The number of aromatic nitrogens is 4. The normalized spacial score (nSPS) is 15.7. The number of morpholine rings is 1. The molecule has 0 saturated carbocycles. The predicted octanol–water partition coefficient (Wildman–Crippen LogP) is 3.01. The predicted molar refractivity (Wildman–Crippen MR) is 511 cm³/mol. The highest BCUT2D eigenvalue weighted by Gasteiger charge is 2.41. The van der Waals surface area contributed by atoms with Gasteiger partial charge in [-0.1, -0.05) is 13.8 Å². The summed E-state index contributed by atoms with van der Waals surface area (Å²) in [7, 11) is 1.63. The van der Waals surface area contributed by atoms with Crippen molar-refractivity contribution in [2.75, 3.05) is 324 Å². The Kier molecular flexibility index (Phi) is 56.2. The molecule has 43 nitrogen and oxygen atoms in total. The van der Waals surface area contributed by atoms with E-state index in [1.165, 1.54) is 41.9 Å². The minimum absolute atomic E-state index is 0.00174. The lowest BCUT2D eigenvalue weighted by atomic mass is 9.84. The first kappa shape index (κ1) is 116. The number of aromatic amines is 2. The number of imide groups is 2. The summed E-state index contributed by atoms with van der Waals surface area (Å²) in [6, 6.07) is 3.78. The lowest BCUT2D eigenvalue weighted by Gasteiger charge is -2.31. The average molecular weight is 1980 g/mol. The van der Waals surface area contributed by atoms with Gasteiger partial charge >= 0.3 is 5.97 Å². The van der Waals surface area contributed by atoms with Crippen molar-refractivity contribution >= 4 is 92.5 Å². The molecule has 2 aromatic heterocycles. The zero-order valence-electron chi connectivity index (χ0n) is 82.7. The summed E-state index contributed by atoms with van der Waals surface area (Å²) in [5.41, 5.74) is 9.24. The smallest absolute Gasteiger partial charge is 0.330 e. The summed E-state index contributed by atoms with van der Waals surface area (Å²) >= 11 is 0. The fourth-order valence-corrected chi connectivity index (χ4v) is 15.1. The molecule has 9 amide bonds. The van der Waals surface area contributed by atoms with Crippen LogP contribution in [0.3, 0.4) is 0 Å². The van der Waals surface area contributed by atoms with Gasteiger partial charge in [0, 0.05) is 125 Å². The van der Waals surface area contributed by atoms with Gasteiger partial charge in [0.1, 0.15) is 18.7 Å². The molecule has 6 aliphatic rings. The largest absolute Gasteiger partial charge is 0.460 e. The van der Waals surface area contributed by atoms with E-state index in [1.807, 2.05) is 52.8 Å². The maximum absolute atomic E-state index is 15.5. The van der Waals surface area contributed by atoms with E-state index in [9.17, 15) is 43.2 Å². The molecular formula is C97H148N12O31. The van der Waals surface area contributed by atoms with E-state index in [0.29, 0.717) is 286 Å². The van der Waals surface area contributed by atoms with Crippen LogP contribution in [0.4, 0.5) is 0 Å². The minimum Gasteiger partial charge on any atom is -0.460 e. The van der Waals surface area contributed by atoms with Gasteiger partial charge in [-0.15, -0.1) is 0 Å². The molecule has 1 saturated heterocycles. The van der Waals surface area contributed by atoms with Gasteiger partial charge in [-0.3, -0.25) is 57.9 Å². The summed E-state index contributed by atoms with van der Waals surface area (Å²) in [5.74, 6) is -4.87. The zero-order valence-corrected chi connectivity index (χ0v) is 82.7. The van der Waals surface area contributed by atoms with Crippen LogP contribution in [-0.4, -0.2) is 440 Å². The SMILES string of the molecule is CCC1=C(C)c2cc3nc(cc4[nH]c(c5c6[nH]c(cc1n2)c(C)c6C(=O)N(CCN1CCOCC1)C5=O)[C@@H](CCC(=O)N(C)CCNC(=O)[C@H](C)NC(=O)[C@H](C)NC(=O)CCOCCOCCOCCOCCOCCOCCOCCOCCNC(=O)CCOCCOCCOCCOCCOCCOCCOCCOCCN1C(=O)C=CC1=O)[C@@H]4C)C(C)=C3/C=C/C(=O)OCCOCCOCCO. The number of hydrogen-bond acceptors (Lipinski definition) is 34. The van der Waals surface area contributed by atoms with Gasteiger partial charge in [0.25, 0.3) is 23.6 Å². The third kappa shape index (κ3) is 41.9. The summed E-state index contributed by atoms with van der Waals surface area (Å²) in [6.45, 7) is 29.1. The quantitative estimate of drug-likeness (QED) is 0.0217. The zero-order chi connectivity index (χ0) is 100. The van der Waals surface area contributed by atoms with Crippen LogP contribution in [0.5, 0.6) is 0 Å². The molecule has 7 N–H and O–H groups in total. The fourth-order valence-electron chi connectivity index (χ4n) is 15.1. The fraction of sp³-hybridized carbons (Fsp3) is 0.670. The highest BCUT2D eigenvalue weighted by molar-refractivity contribution is 6.23. The number of rotatable bonds is 78. The third-order valence-corrected chi connectivity index (χ3v) is 23.0. The molecule has 782 valence electrons. The maximum atomic E-state index is 15.5. The van der Waals surface area contributed by atoms with Crippen LogP contribution in [-0.2, 0) is 133 Å². The van der Waals surface area contributed by atoms with E-state index < -0.39 is 53.5 Å². The molecule has 8 bridgehead atoms. The number of ether oxygens (including phenoxy) is 20. The first-order valence-electron chi connectivity index (χ1n) is 48.5. The molecule has 140 heavy (non-hydrogen) atoms. The number of nitrogens with zero attached hydrogens (tertiary/aromatic N) is 6. The van der Waals surface area contributed by atoms with Crippen molar-refractivity contribution in [3.63, 3.8) is 0 Å². The summed E-state index contributed by atoms with van der Waals surface area (Å²) in [5, 5.41) is 19.8. The second-order valence-corrected chi connectivity index (χ2v) is 33.0. The van der Waals surface area contributed by atoms with Gasteiger partial charge in [0.15, 0.2) is 0 Å². The molecule has 2 aromatic rings. The van der Waals surface area contributed by atoms with Gasteiger partial charge in [0.05, 0.1) is 304 Å². The number of carbonyl (C=O) groups is 10. The number of nitrogens with one attached hydrogen (secondary N) is 6. The number of fused-ring (bicyclic) bond motifs is 8. The van der Waals surface area contributed by atoms with Gasteiger partial charge in [-0.25, -0.2) is 14.8 Å². The molecule has 8 heterocycles. The van der Waals surface area contributed by atoms with Gasteiger partial charge in [-0.05, 0) is 94.0 Å². The molecule has 0 aliphatic carbocycles. The molecule has 6 aliphatic heterocycles. The Morgan fingerprint density at radius 1 is 0.493 bits per heavy atom. The average Bonchev–Trinajstić information content (AvgIpc) is 1.57. The van der Waals surface area contributed by atoms with Crippen molar-refractivity contribution in [3.05, 3.63) is 93.4 Å². The maximum Gasteiger partial charge on any atom is 0.330 e. The van der Waals surface area contributed by atoms with E-state index >= 15 is 4.79 Å². The van der Waals surface area contributed by atoms with Crippen LogP contribution in [0, 0.1) is 6.92 Å². The number of allylic oxidation sites excluding steroid dienone is 5. The van der Waals surface area contributed by atoms with E-state index in [1.54, 1.807) is 13.1 Å². The van der Waals surface area contributed by atoms with Crippen LogP contribution in [0.2, 0.25) is 0 Å². The number of esters is 1. The monoisotopic (exact) mass is 1980 g/mol. The van der Waals surface area contributed by atoms with Gasteiger partial charge in [0.2, 0.25) is 29.5 Å². The Balaban J connectivity index is 0.604. The number of carbonyl (C=O) groups excluding carboxylic acids is 10. The van der Waals surface area contributed by atoms with E-state index in [2.05, 4.69) is 36.1 Å². The van der Waals surface area contributed by atoms with Crippen LogP contribution in [0.1, 0.15) is 146 Å². The second kappa shape index (κ2) is 68.0. The minimum atomic E-state index is -0.994. The highest BCUT2D eigenvalue weighted by atomic mass is 16.6. The van der Waals surface area contributed by atoms with Gasteiger partial charge in [-0.2, -0.15) is 0 Å². The van der Waals surface area contributed by atoms with E-state index in [0.717, 1.165) is 21.6 Å². The topological polar surface area (TPSA) is 494 Å². The Hall–Kier alpha value is -9.40. The van der Waals surface area contributed by atoms with Crippen molar-refractivity contribution in [2.45, 2.75) is 104 Å². The first-order valence-corrected chi connectivity index (χ1v) is 48.5. The standard InChI is InChI=1S/C97H148N12O31/c1-9-75-69(2)79-67-83-76(11-15-89(116)140-65-64-139-43-38-126-33-26-110)70(3)78(103-83)66-80-71(4)77(92(104-80)91-93-90(72(5)81(105-93)68-82(75)102-79)96(119)109(97(91)120)22-21-107-23-30-124-31-24-107)10-12-86(113)106(8)20-18-99-94(117)73(6)101-95(118)74(7)100-85(112)17-28-122-35-40-128-45-49-132-53-57-136-60-62-137-58-54-133-50-46-129-41-36-123-29-19-98-84(111)16-27-121-34-39-127-44-48-131-52-56-135-61-63-138-59-55-134-51-47-130-42-37-125-32-25-108-87(114)13-14-88(108)115/h11,13-15,66-68,71,73-74,77,104-105,110H,9-10,12,16-65H2,1-8H3,(H,98,111)(H,99,117)(H,100,112)(H,101,118)/b15-11+,80-66?,82-68?,83-67?,92-91?/t71-,73-,74-,77-/m0/s1. The number of aryl methyl sites for hydroxylation is 1. The van der Waals surface area contributed by atoms with Crippen molar-refractivity contribution in [1.29, 1.82) is 0 Å². The third-order valence-electron chi connectivity index (χ3n) is 23.0. The molecule has 43 heteroatoms. The lowest BCUT2D eigenvalue weighted by molar-refractivity contribution is -0.140. The van der Waals surface area contributed by atoms with Crippen LogP contribution >= 0.6 is 0 Å². The van der Waals surface area contributed by atoms with Crippen molar-refractivity contribution in [2.24, 2.45) is 0 Å². The van der Waals surface area contributed by atoms with Crippen LogP contribution < -0.4 is 21.3 Å². The molecule has 1 fully saturated rings. The van der Waals surface area contributed by atoms with E-state index in [-0.39, 0.29) is 160 Å². The molecule has 0 spiro atoms.